The molecule has 1 heterocycles. The number of benzene rings is 1. The first-order chi connectivity index (χ1) is 8.84. The van der Waals surface area contributed by atoms with Crippen LogP contribution in [-0.4, -0.2) is 12.6 Å². The molecule has 0 bridgehead atoms. The average Bonchev–Trinajstić information content (AvgIpc) is 2.66. The van der Waals surface area contributed by atoms with Crippen molar-refractivity contribution in [3.63, 3.8) is 0 Å². The van der Waals surface area contributed by atoms with E-state index in [9.17, 15) is 18.0 Å². The third-order valence-electron chi connectivity index (χ3n) is 2.72. The number of carbonyl (C=O) groups excluding carboxylic acids is 1. The van der Waals surface area contributed by atoms with E-state index in [-0.39, 0.29) is 6.61 Å². The van der Waals surface area contributed by atoms with Crippen molar-refractivity contribution < 1.29 is 22.7 Å². The maximum atomic E-state index is 12.6. The molecule has 0 unspecified atom stereocenters. The van der Waals surface area contributed by atoms with Crippen LogP contribution in [0.3, 0.4) is 0 Å². The molecule has 0 aliphatic carbocycles. The molecule has 0 fully saturated rings. The molecule has 0 saturated heterocycles. The SMILES string of the molecule is CCOC(=O)c1sc2ccc(C(F)(F)F)cc2c1C. The number of ether oxygens (including phenoxy) is 1. The smallest absolute Gasteiger partial charge is 0.416 e. The summed E-state index contributed by atoms with van der Waals surface area (Å²) >= 11 is 1.15. The van der Waals surface area contributed by atoms with E-state index < -0.39 is 17.7 Å². The molecular formula is C13H11F3O2S. The molecule has 0 amide bonds. The van der Waals surface area contributed by atoms with E-state index in [0.29, 0.717) is 20.5 Å². The number of aryl methyl sites for hydroxylation is 1. The van der Waals surface area contributed by atoms with Gasteiger partial charge in [-0.3, -0.25) is 0 Å². The monoisotopic (exact) mass is 288 g/mol. The molecule has 102 valence electrons. The normalized spacial score (nSPS) is 11.8. The third kappa shape index (κ3) is 2.58. The number of halogens is 3. The maximum absolute atomic E-state index is 12.6. The lowest BCUT2D eigenvalue weighted by Crippen LogP contribution is -2.04. The van der Waals surface area contributed by atoms with Gasteiger partial charge < -0.3 is 4.74 Å². The second kappa shape index (κ2) is 4.85. The Balaban J connectivity index is 2.55. The predicted octanol–water partition coefficient (Wildman–Crippen LogP) is 4.41. The summed E-state index contributed by atoms with van der Waals surface area (Å²) in [7, 11) is 0. The van der Waals surface area contributed by atoms with Crippen LogP contribution >= 0.6 is 11.3 Å². The highest BCUT2D eigenvalue weighted by molar-refractivity contribution is 7.21. The standard InChI is InChI=1S/C13H11F3O2S/c1-3-18-12(17)11-7(2)9-6-8(13(14,15)16)4-5-10(9)19-11/h4-6H,3H2,1-2H3. The summed E-state index contributed by atoms with van der Waals surface area (Å²) in [5.41, 5.74) is -0.180. The van der Waals surface area contributed by atoms with Crippen molar-refractivity contribution >= 4 is 27.4 Å². The zero-order valence-electron chi connectivity index (χ0n) is 10.3. The van der Waals surface area contributed by atoms with Crippen molar-refractivity contribution in [2.75, 3.05) is 6.61 Å². The molecule has 0 atom stereocenters. The van der Waals surface area contributed by atoms with Gasteiger partial charge in [0.25, 0.3) is 0 Å². The first kappa shape index (κ1) is 13.9. The van der Waals surface area contributed by atoms with Crippen LogP contribution in [0.4, 0.5) is 13.2 Å². The minimum absolute atomic E-state index is 0.236. The van der Waals surface area contributed by atoms with Crippen molar-refractivity contribution in [2.45, 2.75) is 20.0 Å². The van der Waals surface area contributed by atoms with E-state index in [2.05, 4.69) is 0 Å². The number of thiophene rings is 1. The molecule has 1 aromatic carbocycles. The van der Waals surface area contributed by atoms with E-state index in [1.165, 1.54) is 6.07 Å². The van der Waals surface area contributed by atoms with Crippen molar-refractivity contribution in [1.82, 2.24) is 0 Å². The Kier molecular flexibility index (Phi) is 3.54. The lowest BCUT2D eigenvalue weighted by molar-refractivity contribution is -0.137. The Morgan fingerprint density at radius 2 is 2.05 bits per heavy atom. The summed E-state index contributed by atoms with van der Waals surface area (Å²) in [6.45, 7) is 3.55. The summed E-state index contributed by atoms with van der Waals surface area (Å²) in [6, 6.07) is 3.48. The van der Waals surface area contributed by atoms with Gasteiger partial charge in [0.2, 0.25) is 0 Å². The summed E-state index contributed by atoms with van der Waals surface area (Å²) in [5, 5.41) is 0.447. The summed E-state index contributed by atoms with van der Waals surface area (Å²) in [4.78, 5) is 12.0. The summed E-state index contributed by atoms with van der Waals surface area (Å²) < 4.78 is 43.5. The number of fused-ring (bicyclic) bond motifs is 1. The fourth-order valence-corrected chi connectivity index (χ4v) is 2.87. The van der Waals surface area contributed by atoms with Crippen LogP contribution in [0.1, 0.15) is 27.7 Å². The predicted molar refractivity (Wildman–Crippen MR) is 67.5 cm³/mol. The number of rotatable bonds is 2. The van der Waals surface area contributed by atoms with Gasteiger partial charge in [0, 0.05) is 4.70 Å². The van der Waals surface area contributed by atoms with Gasteiger partial charge >= 0.3 is 12.1 Å². The Hall–Kier alpha value is -1.56. The molecule has 0 radical (unpaired) electrons. The van der Waals surface area contributed by atoms with E-state index in [1.807, 2.05) is 0 Å². The minimum Gasteiger partial charge on any atom is -0.462 e. The van der Waals surface area contributed by atoms with Crippen LogP contribution < -0.4 is 0 Å². The van der Waals surface area contributed by atoms with Gasteiger partial charge in [0.1, 0.15) is 4.88 Å². The zero-order valence-corrected chi connectivity index (χ0v) is 11.1. The first-order valence-corrected chi connectivity index (χ1v) is 6.43. The van der Waals surface area contributed by atoms with Crippen LogP contribution in [0.25, 0.3) is 10.1 Å². The Labute approximate surface area is 111 Å². The van der Waals surface area contributed by atoms with E-state index in [1.54, 1.807) is 13.8 Å². The van der Waals surface area contributed by atoms with Crippen LogP contribution in [-0.2, 0) is 10.9 Å². The molecular weight excluding hydrogens is 277 g/mol. The quantitative estimate of drug-likeness (QED) is 0.765. The van der Waals surface area contributed by atoms with Gasteiger partial charge in [0.15, 0.2) is 0 Å². The number of hydrogen-bond donors (Lipinski definition) is 0. The molecule has 2 rings (SSSR count). The number of hydrogen-bond acceptors (Lipinski definition) is 3. The van der Waals surface area contributed by atoms with Crippen molar-refractivity contribution in [3.8, 4) is 0 Å². The van der Waals surface area contributed by atoms with E-state index in [0.717, 1.165) is 23.5 Å². The highest BCUT2D eigenvalue weighted by Crippen LogP contribution is 2.36. The minimum atomic E-state index is -4.38. The Morgan fingerprint density at radius 1 is 1.37 bits per heavy atom. The van der Waals surface area contributed by atoms with Crippen LogP contribution in [0.15, 0.2) is 18.2 Å². The van der Waals surface area contributed by atoms with Gasteiger partial charge in [-0.1, -0.05) is 0 Å². The Bertz CT molecular complexity index is 629. The van der Waals surface area contributed by atoms with Crippen LogP contribution in [0.5, 0.6) is 0 Å². The second-order valence-corrected chi connectivity index (χ2v) is 5.04. The topological polar surface area (TPSA) is 26.3 Å². The average molecular weight is 288 g/mol. The van der Waals surface area contributed by atoms with Gasteiger partial charge in [-0.05, 0) is 43.0 Å². The number of alkyl halides is 3. The van der Waals surface area contributed by atoms with Crippen molar-refractivity contribution in [1.29, 1.82) is 0 Å². The molecule has 0 spiro atoms. The van der Waals surface area contributed by atoms with Crippen molar-refractivity contribution in [2.24, 2.45) is 0 Å². The number of esters is 1. The van der Waals surface area contributed by atoms with Gasteiger partial charge in [-0.15, -0.1) is 11.3 Å². The largest absolute Gasteiger partial charge is 0.462 e. The molecule has 0 saturated carbocycles. The maximum Gasteiger partial charge on any atom is 0.416 e. The fourth-order valence-electron chi connectivity index (χ4n) is 1.79. The molecule has 19 heavy (non-hydrogen) atoms. The lowest BCUT2D eigenvalue weighted by Gasteiger charge is -2.06. The second-order valence-electron chi connectivity index (χ2n) is 3.99. The molecule has 6 heteroatoms. The fraction of sp³-hybridized carbons (Fsp3) is 0.308. The molecule has 1 aromatic heterocycles. The molecule has 0 aliphatic rings. The molecule has 2 nitrogen and oxygen atoms in total. The highest BCUT2D eigenvalue weighted by Gasteiger charge is 2.31. The van der Waals surface area contributed by atoms with E-state index in [4.69, 9.17) is 4.74 Å². The number of carbonyl (C=O) groups is 1. The van der Waals surface area contributed by atoms with Gasteiger partial charge in [0.05, 0.1) is 12.2 Å². The van der Waals surface area contributed by atoms with E-state index >= 15 is 0 Å². The van der Waals surface area contributed by atoms with Crippen LogP contribution in [0.2, 0.25) is 0 Å². The lowest BCUT2D eigenvalue weighted by atomic mass is 10.1. The molecule has 0 aliphatic heterocycles. The van der Waals surface area contributed by atoms with Crippen LogP contribution in [0, 0.1) is 6.92 Å². The Morgan fingerprint density at radius 3 is 2.63 bits per heavy atom. The van der Waals surface area contributed by atoms with Gasteiger partial charge in [-0.25, -0.2) is 4.79 Å². The van der Waals surface area contributed by atoms with Crippen molar-refractivity contribution in [3.05, 3.63) is 34.2 Å². The molecule has 2 aromatic rings. The van der Waals surface area contributed by atoms with Gasteiger partial charge in [-0.2, -0.15) is 13.2 Å². The molecule has 0 N–H and O–H groups in total. The summed E-state index contributed by atoms with van der Waals surface area (Å²) in [6.07, 6.45) is -4.38. The highest BCUT2D eigenvalue weighted by atomic mass is 32.1. The first-order valence-electron chi connectivity index (χ1n) is 5.62. The summed E-state index contributed by atoms with van der Waals surface area (Å²) in [5.74, 6) is -0.491. The zero-order chi connectivity index (χ0) is 14.2. The third-order valence-corrected chi connectivity index (χ3v) is 3.98.